The molecule has 0 saturated carbocycles. The number of sulfonamides is 1. The Morgan fingerprint density at radius 2 is 1.81 bits per heavy atom. The van der Waals surface area contributed by atoms with Crippen LogP contribution in [0.1, 0.15) is 21.5 Å². The van der Waals surface area contributed by atoms with Gasteiger partial charge in [-0.25, -0.2) is 13.4 Å². The molecule has 0 bridgehead atoms. The first-order valence-corrected chi connectivity index (χ1v) is 11.4. The lowest BCUT2D eigenvalue weighted by Crippen LogP contribution is -2.23. The number of nitrogens with one attached hydrogen (secondary N) is 2. The Morgan fingerprint density at radius 3 is 2.50 bits per heavy atom. The Hall–Kier alpha value is -3.43. The number of nitrogens with zero attached hydrogens (tertiary/aromatic N) is 1. The first-order chi connectivity index (χ1) is 15.4. The quantitative estimate of drug-likeness (QED) is 0.455. The third-order valence-electron chi connectivity index (χ3n) is 4.50. The maximum atomic E-state index is 12.7. The average Bonchev–Trinajstić information content (AvgIpc) is 2.80. The van der Waals surface area contributed by atoms with Crippen LogP contribution in [-0.2, 0) is 21.3 Å². The van der Waals surface area contributed by atoms with Crippen molar-refractivity contribution in [3.63, 3.8) is 0 Å². The summed E-state index contributed by atoms with van der Waals surface area (Å²) in [5, 5.41) is 2.77. The van der Waals surface area contributed by atoms with E-state index >= 15 is 0 Å². The van der Waals surface area contributed by atoms with Crippen LogP contribution in [0.2, 0.25) is 0 Å². The van der Waals surface area contributed by atoms with E-state index in [2.05, 4.69) is 15.0 Å². The minimum absolute atomic E-state index is 0.00459. The predicted molar refractivity (Wildman–Crippen MR) is 121 cm³/mol. The number of hydrogen-bond acceptors (Lipinski definition) is 6. The maximum absolute atomic E-state index is 12.7. The number of carbonyl (C=O) groups is 1. The normalized spacial score (nSPS) is 11.1. The van der Waals surface area contributed by atoms with Crippen LogP contribution in [0.25, 0.3) is 0 Å². The van der Waals surface area contributed by atoms with Crippen LogP contribution in [0.4, 0.5) is 5.69 Å². The van der Waals surface area contributed by atoms with E-state index in [-0.39, 0.29) is 17.0 Å². The molecule has 3 rings (SSSR count). The molecule has 9 heteroatoms. The summed E-state index contributed by atoms with van der Waals surface area (Å²) in [4.78, 5) is 16.7. The van der Waals surface area contributed by atoms with E-state index < -0.39 is 15.9 Å². The molecule has 0 radical (unpaired) electrons. The smallest absolute Gasteiger partial charge is 0.261 e. The molecule has 8 nitrogen and oxygen atoms in total. The second-order valence-corrected chi connectivity index (χ2v) is 8.71. The van der Waals surface area contributed by atoms with Crippen LogP contribution in [0.3, 0.4) is 0 Å². The summed E-state index contributed by atoms with van der Waals surface area (Å²) in [6.45, 7) is 3.02. The van der Waals surface area contributed by atoms with Crippen molar-refractivity contribution in [1.82, 2.24) is 10.3 Å². The highest BCUT2D eigenvalue weighted by molar-refractivity contribution is 7.92. The highest BCUT2D eigenvalue weighted by atomic mass is 32.2. The van der Waals surface area contributed by atoms with Gasteiger partial charge in [0, 0.05) is 37.2 Å². The Kier molecular flexibility index (Phi) is 7.80. The monoisotopic (exact) mass is 455 g/mol. The Bertz CT molecular complexity index is 1150. The Morgan fingerprint density at radius 1 is 1.03 bits per heavy atom. The van der Waals surface area contributed by atoms with Crippen LogP contribution in [-0.4, -0.2) is 39.6 Å². The van der Waals surface area contributed by atoms with E-state index in [4.69, 9.17) is 9.47 Å². The molecule has 0 aliphatic rings. The number of carbonyl (C=O) groups excluding carboxylic acids is 1. The van der Waals surface area contributed by atoms with E-state index in [9.17, 15) is 13.2 Å². The average molecular weight is 456 g/mol. The molecule has 0 atom stereocenters. The first-order valence-electron chi connectivity index (χ1n) is 9.92. The zero-order chi connectivity index (χ0) is 23.0. The van der Waals surface area contributed by atoms with Gasteiger partial charge in [0.1, 0.15) is 6.61 Å². The minimum Gasteiger partial charge on any atom is -0.475 e. The van der Waals surface area contributed by atoms with Crippen molar-refractivity contribution >= 4 is 21.6 Å². The van der Waals surface area contributed by atoms with Crippen molar-refractivity contribution in [1.29, 1.82) is 0 Å². The second-order valence-electron chi connectivity index (χ2n) is 7.03. The minimum atomic E-state index is -3.83. The highest BCUT2D eigenvalue weighted by Crippen LogP contribution is 2.18. The van der Waals surface area contributed by atoms with Gasteiger partial charge in [-0.2, -0.15) is 0 Å². The molecular formula is C23H25N3O5S. The van der Waals surface area contributed by atoms with Gasteiger partial charge >= 0.3 is 0 Å². The van der Waals surface area contributed by atoms with Crippen molar-refractivity contribution in [3.05, 3.63) is 83.6 Å². The molecule has 1 amide bonds. The number of aromatic nitrogens is 1. The van der Waals surface area contributed by atoms with Gasteiger partial charge in [0.2, 0.25) is 5.88 Å². The Balaban J connectivity index is 1.61. The third-order valence-corrected chi connectivity index (χ3v) is 5.88. The Labute approximate surface area is 187 Å². The lowest BCUT2D eigenvalue weighted by atomic mass is 10.2. The number of rotatable bonds is 10. The third kappa shape index (κ3) is 6.53. The van der Waals surface area contributed by atoms with Crippen LogP contribution in [0.15, 0.2) is 71.8 Å². The fraction of sp³-hybridized carbons (Fsp3) is 0.217. The van der Waals surface area contributed by atoms with Crippen LogP contribution in [0, 0.1) is 6.92 Å². The number of ether oxygens (including phenoxy) is 2. The van der Waals surface area contributed by atoms with Crippen molar-refractivity contribution in [2.24, 2.45) is 0 Å². The molecule has 0 spiro atoms. The molecule has 3 aromatic rings. The van der Waals surface area contributed by atoms with E-state index in [1.54, 1.807) is 43.6 Å². The number of aryl methyl sites for hydroxylation is 1. The van der Waals surface area contributed by atoms with Gasteiger partial charge < -0.3 is 14.8 Å². The maximum Gasteiger partial charge on any atom is 0.261 e. The zero-order valence-corrected chi connectivity index (χ0v) is 18.7. The van der Waals surface area contributed by atoms with Gasteiger partial charge in [0.25, 0.3) is 15.9 Å². The van der Waals surface area contributed by atoms with Gasteiger partial charge in [-0.1, -0.05) is 29.8 Å². The summed E-state index contributed by atoms with van der Waals surface area (Å²) < 4.78 is 38.2. The van der Waals surface area contributed by atoms with E-state index in [0.717, 1.165) is 11.1 Å². The molecule has 1 aromatic heterocycles. The van der Waals surface area contributed by atoms with Gasteiger partial charge in [-0.3, -0.25) is 9.52 Å². The molecule has 0 unspecified atom stereocenters. The molecule has 1 heterocycles. The number of hydrogen-bond donors (Lipinski definition) is 2. The van der Waals surface area contributed by atoms with Crippen LogP contribution < -0.4 is 14.8 Å². The van der Waals surface area contributed by atoms with E-state index in [1.807, 2.05) is 19.1 Å². The number of methoxy groups -OCH3 is 1. The number of amides is 1. The SMILES string of the molecule is COCCOc1ccc(CNC(=O)c2cccc(S(=O)(=O)Nc3ccc(C)cc3)c2)cn1. The van der Waals surface area contributed by atoms with Gasteiger partial charge in [0.05, 0.1) is 11.5 Å². The van der Waals surface area contributed by atoms with Crippen molar-refractivity contribution < 1.29 is 22.7 Å². The molecule has 168 valence electrons. The van der Waals surface area contributed by atoms with Gasteiger partial charge in [-0.15, -0.1) is 0 Å². The van der Waals surface area contributed by atoms with E-state index in [0.29, 0.717) is 24.8 Å². The van der Waals surface area contributed by atoms with Crippen LogP contribution in [0.5, 0.6) is 5.88 Å². The summed E-state index contributed by atoms with van der Waals surface area (Å²) in [5.74, 6) is 0.0777. The summed E-state index contributed by atoms with van der Waals surface area (Å²) in [6.07, 6.45) is 1.61. The van der Waals surface area contributed by atoms with Gasteiger partial charge in [0.15, 0.2) is 0 Å². The number of benzene rings is 2. The fourth-order valence-electron chi connectivity index (χ4n) is 2.76. The molecular weight excluding hydrogens is 430 g/mol. The summed E-state index contributed by atoms with van der Waals surface area (Å²) in [7, 11) is -2.24. The summed E-state index contributed by atoms with van der Waals surface area (Å²) in [6, 6.07) is 16.4. The molecule has 0 saturated heterocycles. The predicted octanol–water partition coefficient (Wildman–Crippen LogP) is 3.15. The lowest BCUT2D eigenvalue weighted by molar-refractivity contribution is 0.0950. The second kappa shape index (κ2) is 10.7. The molecule has 32 heavy (non-hydrogen) atoms. The fourth-order valence-corrected chi connectivity index (χ4v) is 3.86. The summed E-state index contributed by atoms with van der Waals surface area (Å²) >= 11 is 0. The van der Waals surface area contributed by atoms with Gasteiger partial charge in [-0.05, 0) is 42.8 Å². The topological polar surface area (TPSA) is 107 Å². The van der Waals surface area contributed by atoms with Crippen molar-refractivity contribution in [3.8, 4) is 5.88 Å². The molecule has 0 fully saturated rings. The van der Waals surface area contributed by atoms with Crippen molar-refractivity contribution in [2.45, 2.75) is 18.4 Å². The van der Waals surface area contributed by atoms with Crippen molar-refractivity contribution in [2.75, 3.05) is 25.0 Å². The first kappa shape index (κ1) is 23.2. The molecule has 2 N–H and O–H groups in total. The highest BCUT2D eigenvalue weighted by Gasteiger charge is 2.16. The lowest BCUT2D eigenvalue weighted by Gasteiger charge is -2.10. The standard InChI is InChI=1S/C23H25N3O5S/c1-17-6-9-20(10-7-17)26-32(28,29)21-5-3-4-19(14-21)23(27)25-16-18-8-11-22(24-15-18)31-13-12-30-2/h3-11,14-15,26H,12-13,16H2,1-2H3,(H,25,27). The number of pyridine rings is 1. The van der Waals surface area contributed by atoms with Crippen LogP contribution >= 0.6 is 0 Å². The molecule has 2 aromatic carbocycles. The molecule has 0 aliphatic heterocycles. The summed E-state index contributed by atoms with van der Waals surface area (Å²) in [5.41, 5.74) is 2.49. The molecule has 0 aliphatic carbocycles. The zero-order valence-electron chi connectivity index (χ0n) is 17.9. The number of anilines is 1. The van der Waals surface area contributed by atoms with E-state index in [1.165, 1.54) is 18.2 Å². The largest absolute Gasteiger partial charge is 0.475 e.